The lowest BCUT2D eigenvalue weighted by Crippen LogP contribution is -2.13. The highest BCUT2D eigenvalue weighted by molar-refractivity contribution is 6.32. The number of halogens is 2. The largest absolute Gasteiger partial charge is 0.322 e. The second-order valence-electron chi connectivity index (χ2n) is 4.51. The topological polar surface area (TPSA) is 29.1 Å². The van der Waals surface area contributed by atoms with E-state index in [1.165, 1.54) is 0 Å². The first-order valence-electron chi connectivity index (χ1n) is 6.73. The number of benzene rings is 1. The quantitative estimate of drug-likeness (QED) is 0.570. The van der Waals surface area contributed by atoms with Gasteiger partial charge in [-0.2, -0.15) is 0 Å². The number of hydrogen-bond acceptors (Lipinski definition) is 1. The summed E-state index contributed by atoms with van der Waals surface area (Å²) in [6.45, 7) is 5.58. The van der Waals surface area contributed by atoms with Crippen LogP contribution in [0.3, 0.4) is 0 Å². The first-order chi connectivity index (χ1) is 9.96. The van der Waals surface area contributed by atoms with Gasteiger partial charge in [-0.25, -0.2) is 0 Å². The summed E-state index contributed by atoms with van der Waals surface area (Å²) in [6, 6.07) is 7.73. The number of amides is 1. The van der Waals surface area contributed by atoms with Gasteiger partial charge in [0.15, 0.2) is 0 Å². The zero-order valence-corrected chi connectivity index (χ0v) is 13.9. The van der Waals surface area contributed by atoms with Crippen LogP contribution in [0.25, 0.3) is 0 Å². The van der Waals surface area contributed by atoms with Crippen molar-refractivity contribution in [2.24, 2.45) is 0 Å². The molecule has 0 bridgehead atoms. The minimum Gasteiger partial charge on any atom is -0.322 e. The van der Waals surface area contributed by atoms with E-state index in [-0.39, 0.29) is 5.91 Å². The smallest absolute Gasteiger partial charge is 0.255 e. The Kier molecular flexibility index (Phi) is 7.27. The predicted octanol–water partition coefficient (Wildman–Crippen LogP) is 5.40. The maximum atomic E-state index is 12.3. The van der Waals surface area contributed by atoms with Gasteiger partial charge in [0.25, 0.3) is 5.91 Å². The van der Waals surface area contributed by atoms with Crippen molar-refractivity contribution in [2.45, 2.75) is 27.2 Å². The molecule has 0 unspecified atom stereocenters. The zero-order valence-electron chi connectivity index (χ0n) is 12.4. The molecule has 0 aliphatic heterocycles. The molecule has 0 saturated carbocycles. The van der Waals surface area contributed by atoms with Gasteiger partial charge in [-0.15, -0.1) is 0 Å². The molecule has 21 heavy (non-hydrogen) atoms. The molecule has 2 nitrogen and oxygen atoms in total. The summed E-state index contributed by atoms with van der Waals surface area (Å²) >= 11 is 11.8. The average Bonchev–Trinajstić information content (AvgIpc) is 2.46. The lowest BCUT2D eigenvalue weighted by molar-refractivity contribution is -0.112. The lowest BCUT2D eigenvalue weighted by atomic mass is 10.1. The van der Waals surface area contributed by atoms with Gasteiger partial charge in [0.2, 0.25) is 0 Å². The summed E-state index contributed by atoms with van der Waals surface area (Å²) in [5, 5.41) is 3.85. The molecule has 0 heterocycles. The molecular weight excluding hydrogens is 305 g/mol. The second-order valence-corrected chi connectivity index (χ2v) is 5.55. The predicted molar refractivity (Wildman–Crippen MR) is 91.8 cm³/mol. The molecule has 0 atom stereocenters. The van der Waals surface area contributed by atoms with Gasteiger partial charge in [-0.3, -0.25) is 4.79 Å². The Labute approximate surface area is 136 Å². The third kappa shape index (κ3) is 6.19. The summed E-state index contributed by atoms with van der Waals surface area (Å²) in [5.41, 5.74) is 2.32. The van der Waals surface area contributed by atoms with Crippen molar-refractivity contribution in [1.82, 2.24) is 0 Å². The minimum absolute atomic E-state index is 0.247. The summed E-state index contributed by atoms with van der Waals surface area (Å²) in [7, 11) is 0. The van der Waals surface area contributed by atoms with Gasteiger partial charge in [-0.05, 0) is 50.1 Å². The van der Waals surface area contributed by atoms with Crippen LogP contribution in [0.4, 0.5) is 5.69 Å². The number of hydrogen-bond donors (Lipinski definition) is 1. The summed E-state index contributed by atoms with van der Waals surface area (Å²) in [6.07, 6.45) is 5.81. The van der Waals surface area contributed by atoms with Crippen LogP contribution in [-0.2, 0) is 11.2 Å². The molecule has 1 amide bonds. The summed E-state index contributed by atoms with van der Waals surface area (Å²) < 4.78 is 0. The van der Waals surface area contributed by atoms with E-state index < -0.39 is 0 Å². The van der Waals surface area contributed by atoms with E-state index in [1.807, 2.05) is 24.3 Å². The summed E-state index contributed by atoms with van der Waals surface area (Å²) in [4.78, 5) is 12.3. The normalized spacial score (nSPS) is 13.3. The van der Waals surface area contributed by atoms with E-state index in [4.69, 9.17) is 23.2 Å². The van der Waals surface area contributed by atoms with Gasteiger partial charge in [-0.1, -0.05) is 48.3 Å². The highest BCUT2D eigenvalue weighted by atomic mass is 35.5. The number of anilines is 1. The molecule has 0 saturated heterocycles. The molecule has 1 aromatic rings. The van der Waals surface area contributed by atoms with E-state index in [2.05, 4.69) is 12.2 Å². The van der Waals surface area contributed by atoms with Crippen molar-refractivity contribution in [1.29, 1.82) is 0 Å². The molecule has 0 fully saturated rings. The molecule has 0 spiro atoms. The third-order valence-electron chi connectivity index (χ3n) is 2.78. The fourth-order valence-electron chi connectivity index (χ4n) is 1.69. The van der Waals surface area contributed by atoms with Gasteiger partial charge >= 0.3 is 0 Å². The Balaban J connectivity index is 3.01. The van der Waals surface area contributed by atoms with Crippen LogP contribution in [0.1, 0.15) is 26.3 Å². The molecule has 0 aliphatic carbocycles. The van der Waals surface area contributed by atoms with Crippen molar-refractivity contribution in [2.75, 3.05) is 5.32 Å². The zero-order chi connectivity index (χ0) is 15.8. The standard InChI is InChI=1S/C17H19Cl2NO/c1-4-13-7-6-8-16(10-13)20-17(21)14(9-12(3)18)11-15(19)5-2/h5-11H,4H2,1-3H3,(H,20,21)/b12-9+,14-11+,15-5+. The van der Waals surface area contributed by atoms with Crippen LogP contribution >= 0.6 is 23.2 Å². The highest BCUT2D eigenvalue weighted by Gasteiger charge is 2.08. The highest BCUT2D eigenvalue weighted by Crippen LogP contribution is 2.16. The first kappa shape index (κ1) is 17.5. The van der Waals surface area contributed by atoms with E-state index in [0.29, 0.717) is 15.6 Å². The Morgan fingerprint density at radius 1 is 1.29 bits per heavy atom. The van der Waals surface area contributed by atoms with Crippen molar-refractivity contribution >= 4 is 34.8 Å². The van der Waals surface area contributed by atoms with Crippen molar-refractivity contribution in [3.05, 3.63) is 63.7 Å². The first-order valence-corrected chi connectivity index (χ1v) is 7.49. The fourth-order valence-corrected chi connectivity index (χ4v) is 1.93. The SMILES string of the molecule is C\C=C(Cl)/C=C(\C=C(/C)Cl)C(=O)Nc1cccc(CC)c1. The minimum atomic E-state index is -0.247. The molecule has 1 N–H and O–H groups in total. The fraction of sp³-hybridized carbons (Fsp3) is 0.235. The Hall–Kier alpha value is -1.51. The van der Waals surface area contributed by atoms with Gasteiger partial charge in [0.05, 0.1) is 0 Å². The maximum absolute atomic E-state index is 12.3. The van der Waals surface area contributed by atoms with Crippen LogP contribution < -0.4 is 5.32 Å². The molecule has 1 rings (SSSR count). The molecule has 112 valence electrons. The number of aryl methyl sites for hydroxylation is 1. The van der Waals surface area contributed by atoms with Crippen molar-refractivity contribution in [3.63, 3.8) is 0 Å². The molecular formula is C17H19Cl2NO. The van der Waals surface area contributed by atoms with Crippen molar-refractivity contribution in [3.8, 4) is 0 Å². The molecule has 1 aromatic carbocycles. The molecule has 0 aromatic heterocycles. The van der Waals surface area contributed by atoms with Crippen LogP contribution in [0.2, 0.25) is 0 Å². The molecule has 4 heteroatoms. The Bertz CT molecular complexity index is 597. The van der Waals surface area contributed by atoms with Crippen LogP contribution in [0, 0.1) is 0 Å². The van der Waals surface area contributed by atoms with Gasteiger partial charge in [0, 0.05) is 21.3 Å². The molecule has 0 radical (unpaired) electrons. The monoisotopic (exact) mass is 323 g/mol. The second kappa shape index (κ2) is 8.71. The third-order valence-corrected chi connectivity index (χ3v) is 3.22. The average molecular weight is 324 g/mol. The van der Waals surface area contributed by atoms with E-state index in [0.717, 1.165) is 17.7 Å². The van der Waals surface area contributed by atoms with Gasteiger partial charge in [0.1, 0.15) is 0 Å². The number of carbonyl (C=O) groups is 1. The summed E-state index contributed by atoms with van der Waals surface area (Å²) in [5.74, 6) is -0.247. The number of allylic oxidation sites excluding steroid dienone is 4. The number of rotatable bonds is 5. The van der Waals surface area contributed by atoms with Crippen molar-refractivity contribution < 1.29 is 4.79 Å². The number of nitrogens with one attached hydrogen (secondary N) is 1. The van der Waals surface area contributed by atoms with E-state index in [9.17, 15) is 4.79 Å². The van der Waals surface area contributed by atoms with E-state index in [1.54, 1.807) is 32.1 Å². The van der Waals surface area contributed by atoms with Gasteiger partial charge < -0.3 is 5.32 Å². The lowest BCUT2D eigenvalue weighted by Gasteiger charge is -2.08. The number of carbonyl (C=O) groups excluding carboxylic acids is 1. The molecule has 0 aliphatic rings. The van der Waals surface area contributed by atoms with Crippen LogP contribution in [0.15, 0.2) is 58.1 Å². The Morgan fingerprint density at radius 2 is 2.00 bits per heavy atom. The van der Waals surface area contributed by atoms with Crippen LogP contribution in [0.5, 0.6) is 0 Å². The van der Waals surface area contributed by atoms with Crippen LogP contribution in [-0.4, -0.2) is 5.91 Å². The maximum Gasteiger partial charge on any atom is 0.255 e. The van der Waals surface area contributed by atoms with E-state index >= 15 is 0 Å². The Morgan fingerprint density at radius 3 is 2.57 bits per heavy atom.